The number of rotatable bonds is 5. The predicted octanol–water partition coefficient (Wildman–Crippen LogP) is 3.77. The first kappa shape index (κ1) is 14.3. The number of aryl methyl sites for hydroxylation is 1. The van der Waals surface area contributed by atoms with Gasteiger partial charge in [0.1, 0.15) is 15.7 Å². The van der Waals surface area contributed by atoms with Gasteiger partial charge in [-0.1, -0.05) is 0 Å². The maximum absolute atomic E-state index is 12.8. The SMILES string of the molecule is Cc1ccc(CN(C2CC2)S(=O)(=O)c2sccc2Br)o1. The Morgan fingerprint density at radius 2 is 2.15 bits per heavy atom. The molecule has 3 rings (SSSR count). The van der Waals surface area contributed by atoms with Crippen LogP contribution in [0.4, 0.5) is 0 Å². The largest absolute Gasteiger partial charge is 0.465 e. The summed E-state index contributed by atoms with van der Waals surface area (Å²) in [5.41, 5.74) is 0. The highest BCUT2D eigenvalue weighted by molar-refractivity contribution is 9.10. The van der Waals surface area contributed by atoms with Crippen LogP contribution in [0.5, 0.6) is 0 Å². The second kappa shape index (κ2) is 5.29. The molecule has 2 aromatic rings. The number of furan rings is 1. The molecule has 0 N–H and O–H groups in total. The first-order valence-electron chi connectivity index (χ1n) is 6.28. The molecule has 0 saturated heterocycles. The van der Waals surface area contributed by atoms with Crippen molar-refractivity contribution in [3.63, 3.8) is 0 Å². The van der Waals surface area contributed by atoms with E-state index in [-0.39, 0.29) is 6.04 Å². The summed E-state index contributed by atoms with van der Waals surface area (Å²) in [5, 5.41) is 1.78. The van der Waals surface area contributed by atoms with Crippen molar-refractivity contribution >= 4 is 37.3 Å². The Morgan fingerprint density at radius 3 is 2.65 bits per heavy atom. The third-order valence-electron chi connectivity index (χ3n) is 3.19. The van der Waals surface area contributed by atoms with Crippen LogP contribution < -0.4 is 0 Å². The number of hydrogen-bond acceptors (Lipinski definition) is 4. The van der Waals surface area contributed by atoms with Crippen LogP contribution in [0.1, 0.15) is 24.4 Å². The molecule has 20 heavy (non-hydrogen) atoms. The molecule has 0 unspecified atom stereocenters. The van der Waals surface area contributed by atoms with E-state index in [0.29, 0.717) is 21.0 Å². The van der Waals surface area contributed by atoms with E-state index >= 15 is 0 Å². The number of thiophene rings is 1. The lowest BCUT2D eigenvalue weighted by Gasteiger charge is -2.20. The van der Waals surface area contributed by atoms with Crippen molar-refractivity contribution in [1.82, 2.24) is 4.31 Å². The van der Waals surface area contributed by atoms with Crippen LogP contribution in [0.15, 0.2) is 36.7 Å². The Labute approximate surface area is 130 Å². The maximum atomic E-state index is 12.8. The summed E-state index contributed by atoms with van der Waals surface area (Å²) in [6.07, 6.45) is 1.84. The van der Waals surface area contributed by atoms with Gasteiger partial charge >= 0.3 is 0 Å². The molecule has 7 heteroatoms. The first-order valence-corrected chi connectivity index (χ1v) is 9.40. The zero-order chi connectivity index (χ0) is 14.3. The van der Waals surface area contributed by atoms with E-state index in [4.69, 9.17) is 4.42 Å². The highest BCUT2D eigenvalue weighted by atomic mass is 79.9. The molecule has 0 spiro atoms. The van der Waals surface area contributed by atoms with Gasteiger partial charge in [-0.05, 0) is 59.3 Å². The molecule has 1 saturated carbocycles. The summed E-state index contributed by atoms with van der Waals surface area (Å²) < 4.78 is 33.6. The highest BCUT2D eigenvalue weighted by Gasteiger charge is 2.39. The third-order valence-corrected chi connectivity index (χ3v) is 7.73. The Balaban J connectivity index is 1.93. The molecule has 0 aliphatic heterocycles. The molecule has 2 aromatic heterocycles. The summed E-state index contributed by atoms with van der Waals surface area (Å²) in [5.74, 6) is 1.48. The van der Waals surface area contributed by atoms with E-state index in [0.717, 1.165) is 18.6 Å². The average Bonchev–Trinajstić information content (AvgIpc) is 2.99. The molecule has 1 aliphatic carbocycles. The molecule has 0 bridgehead atoms. The van der Waals surface area contributed by atoms with Gasteiger partial charge in [-0.15, -0.1) is 11.3 Å². The first-order chi connectivity index (χ1) is 9.48. The van der Waals surface area contributed by atoms with E-state index in [2.05, 4.69) is 15.9 Å². The summed E-state index contributed by atoms with van der Waals surface area (Å²) in [6.45, 7) is 2.15. The van der Waals surface area contributed by atoms with Crippen molar-refractivity contribution in [3.8, 4) is 0 Å². The lowest BCUT2D eigenvalue weighted by atomic mass is 10.4. The van der Waals surface area contributed by atoms with Crippen molar-refractivity contribution in [2.24, 2.45) is 0 Å². The minimum absolute atomic E-state index is 0.0967. The topological polar surface area (TPSA) is 50.5 Å². The fraction of sp³-hybridized carbons (Fsp3) is 0.385. The Morgan fingerprint density at radius 1 is 1.40 bits per heavy atom. The van der Waals surface area contributed by atoms with Gasteiger partial charge in [0.2, 0.25) is 0 Å². The predicted molar refractivity (Wildman–Crippen MR) is 81.2 cm³/mol. The van der Waals surface area contributed by atoms with E-state index in [1.807, 2.05) is 19.1 Å². The number of sulfonamides is 1. The van der Waals surface area contributed by atoms with Crippen molar-refractivity contribution in [2.45, 2.75) is 36.6 Å². The number of nitrogens with zero attached hydrogens (tertiary/aromatic N) is 1. The molecule has 0 radical (unpaired) electrons. The van der Waals surface area contributed by atoms with Crippen molar-refractivity contribution in [3.05, 3.63) is 39.6 Å². The van der Waals surface area contributed by atoms with E-state index in [9.17, 15) is 8.42 Å². The Bertz CT molecular complexity index is 716. The molecular formula is C13H14BrNO3S2. The third kappa shape index (κ3) is 2.72. The van der Waals surface area contributed by atoms with Gasteiger partial charge in [-0.3, -0.25) is 0 Å². The Kier molecular flexibility index (Phi) is 3.79. The van der Waals surface area contributed by atoms with Gasteiger partial charge < -0.3 is 4.42 Å². The summed E-state index contributed by atoms with van der Waals surface area (Å²) in [7, 11) is -3.47. The average molecular weight is 376 g/mol. The molecule has 0 amide bonds. The minimum atomic E-state index is -3.47. The second-order valence-corrected chi connectivity index (χ2v) is 8.71. The number of hydrogen-bond donors (Lipinski definition) is 0. The van der Waals surface area contributed by atoms with Gasteiger partial charge in [-0.25, -0.2) is 8.42 Å². The molecule has 108 valence electrons. The zero-order valence-corrected chi connectivity index (χ0v) is 14.1. The Hall–Kier alpha value is -0.630. The molecular weight excluding hydrogens is 362 g/mol. The van der Waals surface area contributed by atoms with Gasteiger partial charge in [0.15, 0.2) is 0 Å². The van der Waals surface area contributed by atoms with E-state index < -0.39 is 10.0 Å². The molecule has 4 nitrogen and oxygen atoms in total. The van der Waals surface area contributed by atoms with Crippen LogP contribution in [0.25, 0.3) is 0 Å². The smallest absolute Gasteiger partial charge is 0.254 e. The van der Waals surface area contributed by atoms with Gasteiger partial charge in [0.05, 0.1) is 6.54 Å². The van der Waals surface area contributed by atoms with Crippen molar-refractivity contribution in [2.75, 3.05) is 0 Å². The summed E-state index contributed by atoms with van der Waals surface area (Å²) >= 11 is 4.55. The second-order valence-electron chi connectivity index (χ2n) is 4.85. The fourth-order valence-corrected chi connectivity index (χ4v) is 6.14. The minimum Gasteiger partial charge on any atom is -0.465 e. The van der Waals surface area contributed by atoms with Crippen LogP contribution in [0, 0.1) is 6.92 Å². The van der Waals surface area contributed by atoms with Gasteiger partial charge in [0.25, 0.3) is 10.0 Å². The van der Waals surface area contributed by atoms with Gasteiger partial charge in [0, 0.05) is 10.5 Å². The molecule has 0 aromatic carbocycles. The summed E-state index contributed by atoms with van der Waals surface area (Å²) in [6, 6.07) is 5.55. The van der Waals surface area contributed by atoms with Crippen LogP contribution in [0.2, 0.25) is 0 Å². The maximum Gasteiger partial charge on any atom is 0.254 e. The lowest BCUT2D eigenvalue weighted by Crippen LogP contribution is -2.32. The monoisotopic (exact) mass is 375 g/mol. The van der Waals surface area contributed by atoms with Gasteiger partial charge in [-0.2, -0.15) is 4.31 Å². The van der Waals surface area contributed by atoms with Crippen LogP contribution in [0.3, 0.4) is 0 Å². The quantitative estimate of drug-likeness (QED) is 0.798. The molecule has 1 aliphatic rings. The van der Waals surface area contributed by atoms with E-state index in [1.165, 1.54) is 11.3 Å². The van der Waals surface area contributed by atoms with Crippen molar-refractivity contribution < 1.29 is 12.8 Å². The summed E-state index contributed by atoms with van der Waals surface area (Å²) in [4.78, 5) is 0. The van der Waals surface area contributed by atoms with Crippen LogP contribution in [-0.4, -0.2) is 18.8 Å². The van der Waals surface area contributed by atoms with Crippen LogP contribution in [-0.2, 0) is 16.6 Å². The molecule has 2 heterocycles. The van der Waals surface area contributed by atoms with Crippen LogP contribution >= 0.6 is 27.3 Å². The van der Waals surface area contributed by atoms with E-state index in [1.54, 1.807) is 15.8 Å². The highest BCUT2D eigenvalue weighted by Crippen LogP contribution is 2.37. The normalized spacial score (nSPS) is 15.9. The molecule has 1 fully saturated rings. The lowest BCUT2D eigenvalue weighted by molar-refractivity contribution is 0.352. The fourth-order valence-electron chi connectivity index (χ4n) is 2.07. The molecule has 0 atom stereocenters. The zero-order valence-electron chi connectivity index (χ0n) is 10.9. The standard InChI is InChI=1S/C13H14BrNO3S2/c1-9-2-5-11(18-9)8-15(10-3-4-10)20(16,17)13-12(14)6-7-19-13/h2,5-7,10H,3-4,8H2,1H3. The number of halogens is 1. The van der Waals surface area contributed by atoms with Crippen molar-refractivity contribution in [1.29, 1.82) is 0 Å².